The Morgan fingerprint density at radius 3 is 2.76 bits per heavy atom. The van der Waals surface area contributed by atoms with Crippen molar-refractivity contribution in [1.29, 1.82) is 0 Å². The number of nitrogens with one attached hydrogen (secondary N) is 1. The van der Waals surface area contributed by atoms with Gasteiger partial charge in [-0.05, 0) is 12.5 Å². The predicted octanol–water partition coefficient (Wildman–Crippen LogP) is 0.610. The van der Waals surface area contributed by atoms with Gasteiger partial charge >= 0.3 is 0 Å². The summed E-state index contributed by atoms with van der Waals surface area (Å²) in [7, 11) is 0. The molecular formula is C12H18N2O3. The molecule has 0 spiro atoms. The molecule has 94 valence electrons. The highest BCUT2D eigenvalue weighted by molar-refractivity contribution is 5.92. The van der Waals surface area contributed by atoms with Crippen molar-refractivity contribution in [3.8, 4) is 0 Å². The van der Waals surface area contributed by atoms with Gasteiger partial charge in [0, 0.05) is 19.2 Å². The minimum Gasteiger partial charge on any atom is -0.395 e. The number of unbranched alkanes of at least 4 members (excludes halogenated alkanes) is 1. The first kappa shape index (κ1) is 13.4. The molecule has 0 unspecified atom stereocenters. The number of nitrogens with zero attached hydrogens (tertiary/aromatic N) is 1. The van der Waals surface area contributed by atoms with Crippen molar-refractivity contribution in [2.75, 3.05) is 19.7 Å². The Morgan fingerprint density at radius 1 is 1.41 bits per heavy atom. The number of rotatable bonds is 6. The minimum atomic E-state index is -0.296. The summed E-state index contributed by atoms with van der Waals surface area (Å²) >= 11 is 0. The SMILES string of the molecule is CCCCN(CCO)C(=O)c1cccc(=O)[nH]1. The topological polar surface area (TPSA) is 73.4 Å². The lowest BCUT2D eigenvalue weighted by Crippen LogP contribution is -2.35. The minimum absolute atomic E-state index is 0.0769. The Hall–Kier alpha value is -1.62. The third-order valence-electron chi connectivity index (χ3n) is 2.44. The van der Waals surface area contributed by atoms with Gasteiger partial charge < -0.3 is 15.0 Å². The standard InChI is InChI=1S/C12H18N2O3/c1-2-3-7-14(8-9-15)12(17)10-5-4-6-11(16)13-10/h4-6,15H,2-3,7-9H2,1H3,(H,13,16). The van der Waals surface area contributed by atoms with Crippen molar-refractivity contribution >= 4 is 5.91 Å². The molecule has 0 aliphatic carbocycles. The Morgan fingerprint density at radius 2 is 2.18 bits per heavy atom. The number of carbonyl (C=O) groups is 1. The van der Waals surface area contributed by atoms with Gasteiger partial charge in [-0.15, -0.1) is 0 Å². The summed E-state index contributed by atoms with van der Waals surface area (Å²) in [5.74, 6) is -0.245. The molecule has 1 rings (SSSR count). The largest absolute Gasteiger partial charge is 0.395 e. The van der Waals surface area contributed by atoms with Crippen molar-refractivity contribution in [3.05, 3.63) is 34.2 Å². The molecule has 0 fully saturated rings. The summed E-state index contributed by atoms with van der Waals surface area (Å²) in [6, 6.07) is 4.47. The second kappa shape index (κ2) is 6.85. The zero-order valence-corrected chi connectivity index (χ0v) is 9.98. The van der Waals surface area contributed by atoms with E-state index < -0.39 is 0 Å². The second-order valence-corrected chi connectivity index (χ2v) is 3.80. The van der Waals surface area contributed by atoms with Gasteiger partial charge in [0.15, 0.2) is 0 Å². The van der Waals surface area contributed by atoms with Crippen molar-refractivity contribution in [2.45, 2.75) is 19.8 Å². The molecule has 1 aromatic rings. The summed E-state index contributed by atoms with van der Waals surface area (Å²) in [5.41, 5.74) is -0.0302. The van der Waals surface area contributed by atoms with Gasteiger partial charge in [-0.25, -0.2) is 0 Å². The van der Waals surface area contributed by atoms with Crippen LogP contribution in [0.2, 0.25) is 0 Å². The van der Waals surface area contributed by atoms with E-state index in [1.807, 2.05) is 6.92 Å². The maximum atomic E-state index is 12.0. The zero-order valence-electron chi connectivity index (χ0n) is 9.98. The highest BCUT2D eigenvalue weighted by atomic mass is 16.3. The van der Waals surface area contributed by atoms with Crippen LogP contribution in [-0.2, 0) is 0 Å². The van der Waals surface area contributed by atoms with Crippen LogP contribution < -0.4 is 5.56 Å². The van der Waals surface area contributed by atoms with Crippen molar-refractivity contribution in [2.24, 2.45) is 0 Å². The van der Waals surface area contributed by atoms with Crippen molar-refractivity contribution in [3.63, 3.8) is 0 Å². The van der Waals surface area contributed by atoms with Gasteiger partial charge in [0.25, 0.3) is 5.91 Å². The summed E-state index contributed by atoms with van der Waals surface area (Å²) in [6.45, 7) is 2.83. The summed E-state index contributed by atoms with van der Waals surface area (Å²) in [4.78, 5) is 27.2. The third kappa shape index (κ3) is 4.03. The van der Waals surface area contributed by atoms with Gasteiger partial charge in [-0.2, -0.15) is 0 Å². The average molecular weight is 238 g/mol. The number of aliphatic hydroxyl groups is 1. The van der Waals surface area contributed by atoms with Crippen LogP contribution >= 0.6 is 0 Å². The van der Waals surface area contributed by atoms with Gasteiger partial charge in [-0.3, -0.25) is 9.59 Å². The van der Waals surface area contributed by atoms with Crippen LogP contribution in [0.3, 0.4) is 0 Å². The molecule has 1 aromatic heterocycles. The first-order valence-corrected chi connectivity index (χ1v) is 5.78. The number of amides is 1. The number of pyridine rings is 1. The fraction of sp³-hybridized carbons (Fsp3) is 0.500. The molecule has 0 bridgehead atoms. The summed E-state index contributed by atoms with van der Waals surface area (Å²) < 4.78 is 0. The molecule has 0 aromatic carbocycles. The van der Waals surface area contributed by atoms with E-state index >= 15 is 0 Å². The highest BCUT2D eigenvalue weighted by Crippen LogP contribution is 2.02. The molecule has 17 heavy (non-hydrogen) atoms. The smallest absolute Gasteiger partial charge is 0.270 e. The highest BCUT2D eigenvalue weighted by Gasteiger charge is 2.15. The normalized spacial score (nSPS) is 10.2. The first-order chi connectivity index (χ1) is 8.19. The van der Waals surface area contributed by atoms with Crippen LogP contribution in [0.25, 0.3) is 0 Å². The Kier molecular flexibility index (Phi) is 5.42. The molecule has 0 saturated carbocycles. The Labute approximate surface area is 100 Å². The van der Waals surface area contributed by atoms with Crippen molar-refractivity contribution < 1.29 is 9.90 Å². The molecule has 0 saturated heterocycles. The van der Waals surface area contributed by atoms with Gasteiger partial charge in [0.05, 0.1) is 6.61 Å². The number of hydrogen-bond acceptors (Lipinski definition) is 3. The van der Waals surface area contributed by atoms with Gasteiger partial charge in [0.1, 0.15) is 5.69 Å². The van der Waals surface area contributed by atoms with Crippen LogP contribution in [0.4, 0.5) is 0 Å². The number of aliphatic hydroxyl groups excluding tert-OH is 1. The van der Waals surface area contributed by atoms with E-state index in [0.29, 0.717) is 6.54 Å². The predicted molar refractivity (Wildman–Crippen MR) is 65.0 cm³/mol. The number of carbonyl (C=O) groups excluding carboxylic acids is 1. The molecule has 0 radical (unpaired) electrons. The van der Waals surface area contributed by atoms with Crippen LogP contribution in [-0.4, -0.2) is 40.6 Å². The quantitative estimate of drug-likeness (QED) is 0.762. The molecule has 0 aliphatic heterocycles. The zero-order chi connectivity index (χ0) is 12.7. The van der Waals surface area contributed by atoms with E-state index in [1.54, 1.807) is 17.0 Å². The first-order valence-electron chi connectivity index (χ1n) is 5.78. The van der Waals surface area contributed by atoms with E-state index in [1.165, 1.54) is 6.07 Å². The van der Waals surface area contributed by atoms with Crippen LogP contribution in [0, 0.1) is 0 Å². The fourth-order valence-corrected chi connectivity index (χ4v) is 1.53. The number of H-pyrrole nitrogens is 1. The van der Waals surface area contributed by atoms with E-state index in [0.717, 1.165) is 12.8 Å². The van der Waals surface area contributed by atoms with E-state index in [-0.39, 0.29) is 30.3 Å². The van der Waals surface area contributed by atoms with Gasteiger partial charge in [-0.1, -0.05) is 19.4 Å². The fourth-order valence-electron chi connectivity index (χ4n) is 1.53. The van der Waals surface area contributed by atoms with Crippen molar-refractivity contribution in [1.82, 2.24) is 9.88 Å². The second-order valence-electron chi connectivity index (χ2n) is 3.80. The third-order valence-corrected chi connectivity index (χ3v) is 2.44. The van der Waals surface area contributed by atoms with E-state index in [4.69, 9.17) is 5.11 Å². The molecule has 5 nitrogen and oxygen atoms in total. The lowest BCUT2D eigenvalue weighted by Gasteiger charge is -2.21. The van der Waals surface area contributed by atoms with Crippen LogP contribution in [0.5, 0.6) is 0 Å². The molecule has 2 N–H and O–H groups in total. The lowest BCUT2D eigenvalue weighted by atomic mass is 10.2. The maximum absolute atomic E-state index is 12.0. The lowest BCUT2D eigenvalue weighted by molar-refractivity contribution is 0.0713. The number of aromatic nitrogens is 1. The van der Waals surface area contributed by atoms with Gasteiger partial charge in [0.2, 0.25) is 5.56 Å². The average Bonchev–Trinajstić information content (AvgIpc) is 2.33. The summed E-state index contributed by atoms with van der Waals surface area (Å²) in [6.07, 6.45) is 1.85. The molecular weight excluding hydrogens is 220 g/mol. The Balaban J connectivity index is 2.79. The van der Waals surface area contributed by atoms with Crippen LogP contribution in [0.15, 0.2) is 23.0 Å². The molecule has 0 aliphatic rings. The number of hydrogen-bond donors (Lipinski definition) is 2. The Bertz CT molecular complexity index is 414. The number of aromatic amines is 1. The monoisotopic (exact) mass is 238 g/mol. The van der Waals surface area contributed by atoms with Crippen LogP contribution in [0.1, 0.15) is 30.3 Å². The van der Waals surface area contributed by atoms with E-state index in [2.05, 4.69) is 4.98 Å². The molecule has 1 heterocycles. The molecule has 1 amide bonds. The maximum Gasteiger partial charge on any atom is 0.270 e. The molecule has 0 atom stereocenters. The summed E-state index contributed by atoms with van der Waals surface area (Å²) in [5, 5.41) is 8.92. The van der Waals surface area contributed by atoms with E-state index in [9.17, 15) is 9.59 Å². The molecule has 5 heteroatoms.